The minimum atomic E-state index is -0.197. The van der Waals surface area contributed by atoms with E-state index in [0.29, 0.717) is 6.54 Å². The van der Waals surface area contributed by atoms with E-state index in [1.807, 2.05) is 16.3 Å². The first kappa shape index (κ1) is 13.1. The van der Waals surface area contributed by atoms with Crippen molar-refractivity contribution < 1.29 is 9.53 Å². The van der Waals surface area contributed by atoms with Crippen LogP contribution in [0.25, 0.3) is 0 Å². The number of carbonyl (C=O) groups is 1. The van der Waals surface area contributed by atoms with Gasteiger partial charge in [-0.2, -0.15) is 0 Å². The third-order valence-electron chi connectivity index (χ3n) is 3.25. The van der Waals surface area contributed by atoms with Crippen LogP contribution in [0.4, 0.5) is 0 Å². The van der Waals surface area contributed by atoms with Crippen LogP contribution in [0.3, 0.4) is 0 Å². The van der Waals surface area contributed by atoms with Crippen LogP contribution < -0.4 is 0 Å². The Balaban J connectivity index is 2.13. The molecule has 0 aromatic carbocycles. The molecule has 1 amide bonds. The number of rotatable bonds is 2. The fourth-order valence-corrected chi connectivity index (χ4v) is 3.64. The van der Waals surface area contributed by atoms with Crippen LogP contribution in [0.5, 0.6) is 0 Å². The zero-order valence-electron chi connectivity index (χ0n) is 10.0. The van der Waals surface area contributed by atoms with Crippen LogP contribution in [-0.4, -0.2) is 36.6 Å². The van der Waals surface area contributed by atoms with Crippen molar-refractivity contribution in [2.45, 2.75) is 25.4 Å². The van der Waals surface area contributed by atoms with Gasteiger partial charge in [-0.1, -0.05) is 0 Å². The van der Waals surface area contributed by atoms with E-state index in [9.17, 15) is 4.79 Å². The normalized spacial score (nSPS) is 25.0. The first-order valence-corrected chi connectivity index (χ1v) is 7.30. The minimum absolute atomic E-state index is 0.106. The number of nitrogens with zero attached hydrogens (tertiary/aromatic N) is 1. The molecule has 0 saturated carbocycles. The standard InChI is InChI=1S/C12H16BrNO2S/c1-12(16-2)5-3-6-14(8-12)11(15)10-9(13)4-7-17-10/h4,7H,3,5-6,8H2,1-2H3/t12-/m0/s1. The zero-order chi connectivity index (χ0) is 12.5. The van der Waals surface area contributed by atoms with Crippen molar-refractivity contribution in [1.29, 1.82) is 0 Å². The lowest BCUT2D eigenvalue weighted by Crippen LogP contribution is -2.49. The van der Waals surface area contributed by atoms with Crippen LogP contribution >= 0.6 is 27.3 Å². The molecule has 0 unspecified atom stereocenters. The van der Waals surface area contributed by atoms with Crippen molar-refractivity contribution in [3.63, 3.8) is 0 Å². The Bertz CT molecular complexity index is 420. The Hall–Kier alpha value is -0.390. The van der Waals surface area contributed by atoms with E-state index in [4.69, 9.17) is 4.74 Å². The van der Waals surface area contributed by atoms with Gasteiger partial charge in [-0.3, -0.25) is 4.79 Å². The molecule has 94 valence electrons. The molecule has 1 aromatic heterocycles. The smallest absolute Gasteiger partial charge is 0.265 e. The summed E-state index contributed by atoms with van der Waals surface area (Å²) in [5, 5.41) is 1.93. The largest absolute Gasteiger partial charge is 0.377 e. The molecule has 1 saturated heterocycles. The van der Waals surface area contributed by atoms with Gasteiger partial charge < -0.3 is 9.64 Å². The van der Waals surface area contributed by atoms with E-state index in [1.165, 1.54) is 11.3 Å². The summed E-state index contributed by atoms with van der Waals surface area (Å²) < 4.78 is 6.39. The number of hydrogen-bond acceptors (Lipinski definition) is 3. The number of amides is 1. The van der Waals surface area contributed by atoms with Crippen molar-refractivity contribution in [2.75, 3.05) is 20.2 Å². The molecule has 0 N–H and O–H groups in total. The highest BCUT2D eigenvalue weighted by Gasteiger charge is 2.34. The summed E-state index contributed by atoms with van der Waals surface area (Å²) in [5.41, 5.74) is -0.197. The summed E-state index contributed by atoms with van der Waals surface area (Å²) in [6.45, 7) is 3.56. The number of halogens is 1. The van der Waals surface area contributed by atoms with Gasteiger partial charge >= 0.3 is 0 Å². The number of thiophene rings is 1. The Morgan fingerprint density at radius 1 is 1.65 bits per heavy atom. The molecule has 2 rings (SSSR count). The first-order chi connectivity index (χ1) is 8.06. The molecule has 0 radical (unpaired) electrons. The minimum Gasteiger partial charge on any atom is -0.377 e. The molecule has 1 aliphatic rings. The number of ether oxygens (including phenoxy) is 1. The molecule has 1 aromatic rings. The van der Waals surface area contributed by atoms with Crippen molar-refractivity contribution in [3.8, 4) is 0 Å². The molecule has 1 atom stereocenters. The van der Waals surface area contributed by atoms with Gasteiger partial charge in [-0.05, 0) is 47.1 Å². The fraction of sp³-hybridized carbons (Fsp3) is 0.583. The lowest BCUT2D eigenvalue weighted by molar-refractivity contribution is -0.0439. The average molecular weight is 318 g/mol. The second-order valence-corrected chi connectivity index (χ2v) is 6.35. The van der Waals surface area contributed by atoms with E-state index >= 15 is 0 Å². The van der Waals surface area contributed by atoms with Gasteiger partial charge in [0.1, 0.15) is 4.88 Å². The maximum absolute atomic E-state index is 12.3. The molecule has 17 heavy (non-hydrogen) atoms. The lowest BCUT2D eigenvalue weighted by Gasteiger charge is -2.39. The van der Waals surface area contributed by atoms with Gasteiger partial charge in [0.05, 0.1) is 5.60 Å². The molecule has 2 heterocycles. The predicted octanol–water partition coefficient (Wildman–Crippen LogP) is 3.15. The van der Waals surface area contributed by atoms with Crippen LogP contribution in [-0.2, 0) is 4.74 Å². The maximum Gasteiger partial charge on any atom is 0.265 e. The van der Waals surface area contributed by atoms with Gasteiger partial charge in [0, 0.05) is 24.7 Å². The summed E-state index contributed by atoms with van der Waals surface area (Å²) in [4.78, 5) is 15.0. The molecule has 3 nitrogen and oxygen atoms in total. The molecular weight excluding hydrogens is 302 g/mol. The predicted molar refractivity (Wildman–Crippen MR) is 72.6 cm³/mol. The van der Waals surface area contributed by atoms with E-state index in [-0.39, 0.29) is 11.5 Å². The summed E-state index contributed by atoms with van der Waals surface area (Å²) in [5.74, 6) is 0.106. The van der Waals surface area contributed by atoms with Gasteiger partial charge in [0.25, 0.3) is 5.91 Å². The highest BCUT2D eigenvalue weighted by Crippen LogP contribution is 2.29. The summed E-state index contributed by atoms with van der Waals surface area (Å²) in [6, 6.07) is 1.91. The van der Waals surface area contributed by atoms with E-state index in [2.05, 4.69) is 22.9 Å². The van der Waals surface area contributed by atoms with E-state index < -0.39 is 0 Å². The van der Waals surface area contributed by atoms with Crippen LogP contribution in [0.2, 0.25) is 0 Å². The van der Waals surface area contributed by atoms with Crippen molar-refractivity contribution in [2.24, 2.45) is 0 Å². The van der Waals surface area contributed by atoms with Gasteiger partial charge in [-0.25, -0.2) is 0 Å². The third kappa shape index (κ3) is 2.72. The Kier molecular flexibility index (Phi) is 3.90. The summed E-state index contributed by atoms with van der Waals surface area (Å²) in [6.07, 6.45) is 2.01. The quantitative estimate of drug-likeness (QED) is 0.838. The average Bonchev–Trinajstić information content (AvgIpc) is 2.75. The fourth-order valence-electron chi connectivity index (χ4n) is 2.14. The highest BCUT2D eigenvalue weighted by molar-refractivity contribution is 9.10. The van der Waals surface area contributed by atoms with Crippen LogP contribution in [0.1, 0.15) is 29.4 Å². The first-order valence-electron chi connectivity index (χ1n) is 5.63. The molecule has 1 aliphatic heterocycles. The van der Waals surface area contributed by atoms with Crippen LogP contribution in [0.15, 0.2) is 15.9 Å². The zero-order valence-corrected chi connectivity index (χ0v) is 12.4. The van der Waals surface area contributed by atoms with Gasteiger partial charge in [0.2, 0.25) is 0 Å². The van der Waals surface area contributed by atoms with Gasteiger partial charge in [-0.15, -0.1) is 11.3 Å². The number of likely N-dealkylation sites (tertiary alicyclic amines) is 1. The molecule has 0 aliphatic carbocycles. The Labute approximate surface area is 114 Å². The second kappa shape index (κ2) is 5.08. The van der Waals surface area contributed by atoms with Crippen molar-refractivity contribution in [3.05, 3.63) is 20.8 Å². The van der Waals surface area contributed by atoms with Crippen LogP contribution in [0, 0.1) is 0 Å². The molecule has 0 spiro atoms. The third-order valence-corrected chi connectivity index (χ3v) is 5.08. The molecular formula is C12H16BrNO2S. The van der Waals surface area contributed by atoms with E-state index in [0.717, 1.165) is 28.7 Å². The monoisotopic (exact) mass is 317 g/mol. The molecule has 1 fully saturated rings. The summed E-state index contributed by atoms with van der Waals surface area (Å²) >= 11 is 4.89. The maximum atomic E-state index is 12.3. The SMILES string of the molecule is CO[C@@]1(C)CCCN(C(=O)c2sccc2Br)C1. The number of piperidine rings is 1. The topological polar surface area (TPSA) is 29.5 Å². The lowest BCUT2D eigenvalue weighted by atomic mass is 9.94. The van der Waals surface area contributed by atoms with Crippen molar-refractivity contribution in [1.82, 2.24) is 4.90 Å². The number of carbonyl (C=O) groups excluding carboxylic acids is 1. The number of hydrogen-bond donors (Lipinski definition) is 0. The van der Waals surface area contributed by atoms with Gasteiger partial charge in [0.15, 0.2) is 0 Å². The molecule has 0 bridgehead atoms. The second-order valence-electron chi connectivity index (χ2n) is 4.58. The van der Waals surface area contributed by atoms with E-state index in [1.54, 1.807) is 7.11 Å². The molecule has 5 heteroatoms. The Morgan fingerprint density at radius 3 is 3.00 bits per heavy atom. The van der Waals surface area contributed by atoms with Crippen molar-refractivity contribution >= 4 is 33.2 Å². The Morgan fingerprint density at radius 2 is 2.41 bits per heavy atom. The summed E-state index contributed by atoms with van der Waals surface area (Å²) in [7, 11) is 1.72. The number of methoxy groups -OCH3 is 1. The highest BCUT2D eigenvalue weighted by atomic mass is 79.9.